The number of para-hydroxylation sites is 1. The number of hydrogen-bond donors (Lipinski definition) is 0. The highest BCUT2D eigenvalue weighted by atomic mass is 16.5. The summed E-state index contributed by atoms with van der Waals surface area (Å²) in [6, 6.07) is 66.7. The molecular weight excluding hydrogens is 743 g/mol. The highest BCUT2D eigenvalue weighted by Gasteiger charge is 2.33. The summed E-state index contributed by atoms with van der Waals surface area (Å²) < 4.78 is 6.52. The van der Waals surface area contributed by atoms with Gasteiger partial charge in [-0.2, -0.15) is 0 Å². The van der Waals surface area contributed by atoms with Gasteiger partial charge in [0.15, 0.2) is 17.5 Å². The summed E-state index contributed by atoms with van der Waals surface area (Å²) in [6.07, 6.45) is 8.59. The molecule has 0 bridgehead atoms. The Balaban J connectivity index is 0.986. The number of fused-ring (bicyclic) bond motifs is 6. The topological polar surface area (TPSA) is 47.9 Å². The summed E-state index contributed by atoms with van der Waals surface area (Å²) in [5.74, 6) is 3.05. The molecule has 2 heterocycles. The molecule has 2 atom stereocenters. The van der Waals surface area contributed by atoms with Gasteiger partial charge in [-0.3, -0.25) is 0 Å². The van der Waals surface area contributed by atoms with Crippen LogP contribution in [-0.2, 0) is 0 Å². The van der Waals surface area contributed by atoms with Gasteiger partial charge in [0.1, 0.15) is 11.9 Å². The average molecular weight is 780 g/mol. The van der Waals surface area contributed by atoms with Gasteiger partial charge < -0.3 is 4.74 Å². The van der Waals surface area contributed by atoms with Gasteiger partial charge in [-0.15, -0.1) is 0 Å². The Hall–Kier alpha value is -7.95. The van der Waals surface area contributed by atoms with E-state index in [1.807, 2.05) is 0 Å². The van der Waals surface area contributed by atoms with Gasteiger partial charge in [0.05, 0.1) is 0 Å². The molecule has 2 aliphatic rings. The molecule has 0 saturated carbocycles. The predicted molar refractivity (Wildman–Crippen MR) is 250 cm³/mol. The second-order valence-corrected chi connectivity index (χ2v) is 15.8. The third-order valence-corrected chi connectivity index (χ3v) is 12.3. The molecule has 0 N–H and O–H groups in total. The molecule has 0 spiro atoms. The number of nitrogens with zero attached hydrogens (tertiary/aromatic N) is 3. The minimum absolute atomic E-state index is 0.0285. The Bertz CT molecular complexity index is 3390. The van der Waals surface area contributed by atoms with Crippen molar-refractivity contribution in [2.24, 2.45) is 0 Å². The number of allylic oxidation sites excluding steroid dienone is 2. The van der Waals surface area contributed by atoms with E-state index < -0.39 is 0 Å². The first-order valence-corrected chi connectivity index (χ1v) is 20.8. The Morgan fingerprint density at radius 3 is 1.48 bits per heavy atom. The number of aromatic nitrogens is 3. The van der Waals surface area contributed by atoms with E-state index in [0.29, 0.717) is 17.5 Å². The lowest BCUT2D eigenvalue weighted by atomic mass is 9.90. The lowest BCUT2D eigenvalue weighted by molar-refractivity contribution is 0.270. The van der Waals surface area contributed by atoms with E-state index in [0.717, 1.165) is 49.9 Å². The molecule has 9 aromatic carbocycles. The van der Waals surface area contributed by atoms with Gasteiger partial charge in [-0.1, -0.05) is 200 Å². The molecular formula is C57H37N3O. The fourth-order valence-corrected chi connectivity index (χ4v) is 9.31. The van der Waals surface area contributed by atoms with Crippen LogP contribution in [-0.4, -0.2) is 21.1 Å². The van der Waals surface area contributed by atoms with E-state index in [1.165, 1.54) is 43.8 Å². The normalized spacial score (nSPS) is 15.2. The van der Waals surface area contributed by atoms with Crippen molar-refractivity contribution in [2.45, 2.75) is 12.0 Å². The molecule has 1 aliphatic carbocycles. The lowest BCUT2D eigenvalue weighted by Crippen LogP contribution is -2.15. The second kappa shape index (κ2) is 14.4. The van der Waals surface area contributed by atoms with Crippen molar-refractivity contribution in [2.75, 3.05) is 0 Å². The van der Waals surface area contributed by atoms with Gasteiger partial charge in [-0.25, -0.2) is 15.0 Å². The highest BCUT2D eigenvalue weighted by Crippen LogP contribution is 2.47. The predicted octanol–water partition coefficient (Wildman–Crippen LogP) is 14.3. The molecule has 0 amide bonds. The number of ether oxygens (including phenoxy) is 1. The van der Waals surface area contributed by atoms with Gasteiger partial charge in [0.25, 0.3) is 0 Å². The third-order valence-electron chi connectivity index (χ3n) is 12.3. The van der Waals surface area contributed by atoms with Gasteiger partial charge in [0, 0.05) is 33.7 Å². The van der Waals surface area contributed by atoms with Crippen LogP contribution in [0.4, 0.5) is 0 Å². The quantitative estimate of drug-likeness (QED) is 0.169. The first-order valence-electron chi connectivity index (χ1n) is 20.8. The van der Waals surface area contributed by atoms with E-state index in [9.17, 15) is 0 Å². The van der Waals surface area contributed by atoms with Crippen LogP contribution >= 0.6 is 0 Å². The highest BCUT2D eigenvalue weighted by molar-refractivity contribution is 6.09. The summed E-state index contributed by atoms with van der Waals surface area (Å²) >= 11 is 0. The molecule has 1 aromatic heterocycles. The Morgan fingerprint density at radius 1 is 0.328 bits per heavy atom. The molecule has 4 heteroatoms. The third kappa shape index (κ3) is 6.03. The van der Waals surface area contributed by atoms with Gasteiger partial charge >= 0.3 is 0 Å². The first-order chi connectivity index (χ1) is 30.2. The standard InChI is InChI=1S/C57H37N3O/c1-3-16-42-36(12-1)14-9-21-43(42)38-26-30-40(31-27-38)55-58-56(41-32-28-39(29-33-41)45-22-11-24-51-50-20-7-8-25-53(50)61-54(45)51)60-57(59-55)52-35-34-49(47-18-5-6-19-48(47)52)46-23-10-15-37-13-2-4-17-44(37)46/h1-35,50,53H. The van der Waals surface area contributed by atoms with Crippen molar-refractivity contribution >= 4 is 32.3 Å². The van der Waals surface area contributed by atoms with Crippen molar-refractivity contribution in [3.63, 3.8) is 0 Å². The first kappa shape index (κ1) is 35.0. The molecule has 61 heavy (non-hydrogen) atoms. The van der Waals surface area contributed by atoms with E-state index in [4.69, 9.17) is 19.7 Å². The number of benzene rings is 9. The summed E-state index contributed by atoms with van der Waals surface area (Å²) in [7, 11) is 0. The van der Waals surface area contributed by atoms with Crippen LogP contribution in [0.25, 0.3) is 99.9 Å². The summed E-state index contributed by atoms with van der Waals surface area (Å²) in [4.78, 5) is 15.7. The van der Waals surface area contributed by atoms with Gasteiger partial charge in [0.2, 0.25) is 0 Å². The summed E-state index contributed by atoms with van der Waals surface area (Å²) in [5.41, 5.74) is 10.9. The summed E-state index contributed by atoms with van der Waals surface area (Å²) in [6.45, 7) is 0. The van der Waals surface area contributed by atoms with E-state index in [2.05, 4.69) is 212 Å². The van der Waals surface area contributed by atoms with Crippen LogP contribution in [0.2, 0.25) is 0 Å². The van der Waals surface area contributed by atoms with Gasteiger partial charge in [-0.05, 0) is 72.3 Å². The fourth-order valence-electron chi connectivity index (χ4n) is 9.31. The van der Waals surface area contributed by atoms with Crippen LogP contribution in [0, 0.1) is 0 Å². The maximum Gasteiger partial charge on any atom is 0.164 e. The molecule has 0 radical (unpaired) electrons. The molecule has 0 saturated heterocycles. The minimum Gasteiger partial charge on any atom is -0.484 e. The Labute approximate surface area is 353 Å². The van der Waals surface area contributed by atoms with Crippen LogP contribution in [0.15, 0.2) is 212 Å². The molecule has 10 aromatic rings. The van der Waals surface area contributed by atoms with E-state index in [-0.39, 0.29) is 12.0 Å². The van der Waals surface area contributed by atoms with Crippen molar-refractivity contribution in [3.05, 3.63) is 218 Å². The van der Waals surface area contributed by atoms with E-state index in [1.54, 1.807) is 0 Å². The van der Waals surface area contributed by atoms with Crippen LogP contribution in [0.1, 0.15) is 11.5 Å². The summed E-state index contributed by atoms with van der Waals surface area (Å²) in [5, 5.41) is 7.12. The lowest BCUT2D eigenvalue weighted by Gasteiger charge is -2.15. The maximum absolute atomic E-state index is 6.52. The zero-order chi connectivity index (χ0) is 40.3. The second-order valence-electron chi connectivity index (χ2n) is 15.8. The number of hydrogen-bond acceptors (Lipinski definition) is 4. The molecule has 286 valence electrons. The van der Waals surface area contributed by atoms with Crippen molar-refractivity contribution in [3.8, 4) is 73.3 Å². The molecule has 2 unspecified atom stereocenters. The Morgan fingerprint density at radius 2 is 0.787 bits per heavy atom. The SMILES string of the molecule is C1=CC2Oc3c(-c4ccc(-c5nc(-c6ccc(-c7cccc8ccccc78)cc6)nc(-c6ccc(-c7cccc8ccccc78)c7ccccc67)n5)cc4)cccc3C2C=C1. The smallest absolute Gasteiger partial charge is 0.164 e. The zero-order valence-electron chi connectivity index (χ0n) is 33.1. The zero-order valence-corrected chi connectivity index (χ0v) is 33.1. The van der Waals surface area contributed by atoms with Crippen molar-refractivity contribution < 1.29 is 4.74 Å². The molecule has 0 fully saturated rings. The molecule has 12 rings (SSSR count). The monoisotopic (exact) mass is 779 g/mol. The maximum atomic E-state index is 6.52. The van der Waals surface area contributed by atoms with Crippen molar-refractivity contribution in [1.29, 1.82) is 0 Å². The minimum atomic E-state index is 0.0285. The van der Waals surface area contributed by atoms with Crippen LogP contribution in [0.5, 0.6) is 5.75 Å². The van der Waals surface area contributed by atoms with E-state index >= 15 is 0 Å². The van der Waals surface area contributed by atoms with Crippen molar-refractivity contribution in [1.82, 2.24) is 15.0 Å². The fraction of sp³-hybridized carbons (Fsp3) is 0.0351. The number of rotatable bonds is 6. The largest absolute Gasteiger partial charge is 0.484 e. The molecule has 4 nitrogen and oxygen atoms in total. The molecule has 1 aliphatic heterocycles. The average Bonchev–Trinajstić information content (AvgIpc) is 3.72. The van der Waals surface area contributed by atoms with Crippen LogP contribution in [0.3, 0.4) is 0 Å². The Kier molecular flexibility index (Phi) is 8.27. The van der Waals surface area contributed by atoms with Crippen LogP contribution < -0.4 is 4.74 Å².